The molecule has 0 spiro atoms. The second kappa shape index (κ2) is 8.98. The number of hydrogen-bond donors (Lipinski definition) is 1. The van der Waals surface area contributed by atoms with Crippen LogP contribution in [0.15, 0.2) is 48.8 Å². The first-order chi connectivity index (χ1) is 15.7. The summed E-state index contributed by atoms with van der Waals surface area (Å²) in [5.41, 5.74) is 1.56. The van der Waals surface area contributed by atoms with Gasteiger partial charge in [-0.05, 0) is 56.3 Å². The minimum absolute atomic E-state index is 0.0729. The van der Waals surface area contributed by atoms with E-state index in [4.69, 9.17) is 10.00 Å². The molecular formula is C24H22F3N5O. The van der Waals surface area contributed by atoms with Crippen molar-refractivity contribution in [2.24, 2.45) is 0 Å². The molecule has 0 atom stereocenters. The quantitative estimate of drug-likeness (QED) is 0.553. The molecule has 0 unspecified atom stereocenters. The highest BCUT2D eigenvalue weighted by atomic mass is 19.4. The molecule has 33 heavy (non-hydrogen) atoms. The smallest absolute Gasteiger partial charge is 0.417 e. The van der Waals surface area contributed by atoms with Crippen molar-refractivity contribution in [3.63, 3.8) is 0 Å². The van der Waals surface area contributed by atoms with E-state index in [0.717, 1.165) is 28.8 Å². The topological polar surface area (TPSA) is 74.1 Å². The number of aromatic nitrogens is 2. The molecule has 2 heterocycles. The van der Waals surface area contributed by atoms with Crippen LogP contribution in [0.3, 0.4) is 0 Å². The summed E-state index contributed by atoms with van der Waals surface area (Å²) >= 11 is 0. The Morgan fingerprint density at radius 3 is 2.55 bits per heavy atom. The Kier molecular flexibility index (Phi) is 6.09. The van der Waals surface area contributed by atoms with Crippen LogP contribution in [0.4, 0.5) is 30.4 Å². The summed E-state index contributed by atoms with van der Waals surface area (Å²) in [4.78, 5) is 10.6. The van der Waals surface area contributed by atoms with Crippen LogP contribution in [-0.4, -0.2) is 22.6 Å². The van der Waals surface area contributed by atoms with E-state index >= 15 is 0 Å². The Hall–Kier alpha value is -3.80. The zero-order chi connectivity index (χ0) is 23.6. The fourth-order valence-corrected chi connectivity index (χ4v) is 3.76. The largest absolute Gasteiger partial charge is 0.491 e. The van der Waals surface area contributed by atoms with Gasteiger partial charge in [0.15, 0.2) is 0 Å². The monoisotopic (exact) mass is 453 g/mol. The molecule has 0 bridgehead atoms. The van der Waals surface area contributed by atoms with Gasteiger partial charge in [0.1, 0.15) is 17.9 Å². The third kappa shape index (κ3) is 5.00. The van der Waals surface area contributed by atoms with Gasteiger partial charge in [-0.3, -0.25) is 0 Å². The molecule has 1 N–H and O–H groups in total. The second-order valence-corrected chi connectivity index (χ2v) is 7.97. The number of halogens is 3. The Labute approximate surface area is 189 Å². The van der Waals surface area contributed by atoms with E-state index in [1.54, 1.807) is 12.1 Å². The van der Waals surface area contributed by atoms with E-state index in [-0.39, 0.29) is 11.7 Å². The van der Waals surface area contributed by atoms with Gasteiger partial charge in [-0.2, -0.15) is 18.4 Å². The minimum Gasteiger partial charge on any atom is -0.491 e. The summed E-state index contributed by atoms with van der Waals surface area (Å²) in [6.45, 7) is 4.76. The first-order valence-corrected chi connectivity index (χ1v) is 10.5. The third-order valence-corrected chi connectivity index (χ3v) is 5.29. The molecule has 4 rings (SSSR count). The third-order valence-electron chi connectivity index (χ3n) is 5.29. The van der Waals surface area contributed by atoms with Crippen LogP contribution in [0.2, 0.25) is 0 Å². The standard InChI is InChI=1S/C24H22F3N5O/c1-15(2)33-19-7-4-17(5-8-19)31-23-20-13-32(10-9-22(20)29-14-30-23)18-6-3-16(12-28)21(11-18)24(25,26)27/h3-8,11,14-15H,9-10,13H2,1-2H3,(H,29,30,31). The molecule has 0 aliphatic carbocycles. The number of ether oxygens (including phenoxy) is 1. The van der Waals surface area contributed by atoms with Gasteiger partial charge in [0.05, 0.1) is 29.0 Å². The van der Waals surface area contributed by atoms with Crippen LogP contribution in [0.25, 0.3) is 0 Å². The molecule has 1 aliphatic rings. The molecule has 2 aromatic carbocycles. The summed E-state index contributed by atoms with van der Waals surface area (Å²) < 4.78 is 45.9. The van der Waals surface area contributed by atoms with Crippen LogP contribution in [0.1, 0.15) is 36.2 Å². The number of fused-ring (bicyclic) bond motifs is 1. The molecule has 1 aliphatic heterocycles. The van der Waals surface area contributed by atoms with Crippen molar-refractivity contribution in [1.29, 1.82) is 5.26 Å². The maximum Gasteiger partial charge on any atom is 0.417 e. The molecule has 6 nitrogen and oxygen atoms in total. The predicted molar refractivity (Wildman–Crippen MR) is 118 cm³/mol. The Bertz CT molecular complexity index is 1190. The number of alkyl halides is 3. The van der Waals surface area contributed by atoms with E-state index in [0.29, 0.717) is 31.0 Å². The number of benzene rings is 2. The van der Waals surface area contributed by atoms with Gasteiger partial charge in [-0.25, -0.2) is 9.97 Å². The Morgan fingerprint density at radius 1 is 1.12 bits per heavy atom. The second-order valence-electron chi connectivity index (χ2n) is 7.97. The lowest BCUT2D eigenvalue weighted by atomic mass is 10.0. The van der Waals surface area contributed by atoms with Gasteiger partial charge in [0.2, 0.25) is 0 Å². The number of nitriles is 1. The lowest BCUT2D eigenvalue weighted by molar-refractivity contribution is -0.137. The first kappa shape index (κ1) is 22.4. The van der Waals surface area contributed by atoms with Crippen LogP contribution >= 0.6 is 0 Å². The molecular weight excluding hydrogens is 431 g/mol. The average molecular weight is 453 g/mol. The van der Waals surface area contributed by atoms with Crippen LogP contribution in [0.5, 0.6) is 5.75 Å². The Balaban J connectivity index is 1.59. The molecule has 0 radical (unpaired) electrons. The predicted octanol–water partition coefficient (Wildman–Crippen LogP) is 5.46. The summed E-state index contributed by atoms with van der Waals surface area (Å²) in [5, 5.41) is 12.3. The highest BCUT2D eigenvalue weighted by molar-refractivity contribution is 5.63. The summed E-state index contributed by atoms with van der Waals surface area (Å²) in [5.74, 6) is 1.36. The van der Waals surface area contributed by atoms with Gasteiger partial charge in [-0.15, -0.1) is 0 Å². The molecule has 170 valence electrons. The molecule has 1 aromatic heterocycles. The van der Waals surface area contributed by atoms with Gasteiger partial charge in [0.25, 0.3) is 0 Å². The molecule has 0 saturated heterocycles. The fraction of sp³-hybridized carbons (Fsp3) is 0.292. The van der Waals surface area contributed by atoms with Gasteiger partial charge >= 0.3 is 6.18 Å². The van der Waals surface area contributed by atoms with Crippen molar-refractivity contribution in [3.05, 3.63) is 71.2 Å². The molecule has 0 fully saturated rings. The van der Waals surface area contributed by atoms with Crippen molar-refractivity contribution >= 4 is 17.2 Å². The zero-order valence-corrected chi connectivity index (χ0v) is 18.1. The maximum atomic E-state index is 13.4. The van der Waals surface area contributed by atoms with Gasteiger partial charge in [0, 0.05) is 36.4 Å². The maximum absolute atomic E-state index is 13.4. The van der Waals surface area contributed by atoms with Crippen molar-refractivity contribution in [2.45, 2.75) is 39.1 Å². The summed E-state index contributed by atoms with van der Waals surface area (Å²) in [6.07, 6.45) is -2.48. The molecule has 0 amide bonds. The lowest BCUT2D eigenvalue weighted by Crippen LogP contribution is -2.32. The van der Waals surface area contributed by atoms with Crippen molar-refractivity contribution in [2.75, 3.05) is 16.8 Å². The average Bonchev–Trinajstić information content (AvgIpc) is 2.79. The number of hydrogen-bond acceptors (Lipinski definition) is 6. The van der Waals surface area contributed by atoms with E-state index in [2.05, 4.69) is 15.3 Å². The molecule has 3 aromatic rings. The zero-order valence-electron chi connectivity index (χ0n) is 18.1. The number of nitrogens with zero attached hydrogens (tertiary/aromatic N) is 4. The van der Waals surface area contributed by atoms with Crippen LogP contribution in [-0.2, 0) is 19.1 Å². The molecule has 9 heteroatoms. The number of anilines is 3. The fourth-order valence-electron chi connectivity index (χ4n) is 3.76. The van der Waals surface area contributed by atoms with E-state index < -0.39 is 11.7 Å². The molecule has 0 saturated carbocycles. The van der Waals surface area contributed by atoms with Crippen molar-refractivity contribution in [3.8, 4) is 11.8 Å². The van der Waals surface area contributed by atoms with Gasteiger partial charge < -0.3 is 15.0 Å². The highest BCUT2D eigenvalue weighted by Crippen LogP contribution is 2.36. The van der Waals surface area contributed by atoms with Crippen molar-refractivity contribution in [1.82, 2.24) is 9.97 Å². The first-order valence-electron chi connectivity index (χ1n) is 10.5. The van der Waals surface area contributed by atoms with E-state index in [9.17, 15) is 13.2 Å². The highest BCUT2D eigenvalue weighted by Gasteiger charge is 2.34. The Morgan fingerprint density at radius 2 is 1.88 bits per heavy atom. The lowest BCUT2D eigenvalue weighted by Gasteiger charge is -2.31. The summed E-state index contributed by atoms with van der Waals surface area (Å²) in [7, 11) is 0. The number of rotatable bonds is 5. The normalized spacial score (nSPS) is 13.4. The van der Waals surface area contributed by atoms with Crippen molar-refractivity contribution < 1.29 is 17.9 Å². The minimum atomic E-state index is -4.60. The van der Waals surface area contributed by atoms with Crippen LogP contribution < -0.4 is 15.0 Å². The SMILES string of the molecule is CC(C)Oc1ccc(Nc2ncnc3c2CN(c2ccc(C#N)c(C(F)(F)F)c2)CC3)cc1. The van der Waals surface area contributed by atoms with E-state index in [1.165, 1.54) is 12.4 Å². The summed E-state index contributed by atoms with van der Waals surface area (Å²) in [6, 6.07) is 12.9. The van der Waals surface area contributed by atoms with Crippen LogP contribution in [0, 0.1) is 11.3 Å². The van der Waals surface area contributed by atoms with E-state index in [1.807, 2.05) is 43.0 Å². The van der Waals surface area contributed by atoms with Gasteiger partial charge in [-0.1, -0.05) is 0 Å². The number of nitrogens with one attached hydrogen (secondary N) is 1.